The predicted octanol–water partition coefficient (Wildman–Crippen LogP) is 3.56. The Hall–Kier alpha value is -3.24. The number of halogens is 1. The van der Waals surface area contributed by atoms with Gasteiger partial charge in [-0.2, -0.15) is 10.2 Å². The zero-order valence-electron chi connectivity index (χ0n) is 16.1. The summed E-state index contributed by atoms with van der Waals surface area (Å²) in [7, 11) is 0. The molecule has 0 radical (unpaired) electrons. The minimum absolute atomic E-state index is 0.0482. The maximum Gasteiger partial charge on any atom is 0.250 e. The number of benzene rings is 1. The van der Waals surface area contributed by atoms with Crippen molar-refractivity contribution in [3.8, 4) is 11.8 Å². The van der Waals surface area contributed by atoms with E-state index in [0.717, 1.165) is 12.1 Å². The standard InChI is InChI=1S/C22H19ClN4O3/c23-16-4-1-2-6-19(16)29-13-20-25-17(9-24)22(30-20)26-10-14-8-15(12-26)18-5-3-7-21(28)27(18)11-14/h1-7,14-15H,8,10-13H2/t14-,15-/m0/s1. The number of nitriles is 1. The summed E-state index contributed by atoms with van der Waals surface area (Å²) in [5.41, 5.74) is 1.34. The van der Waals surface area contributed by atoms with Gasteiger partial charge in [0.1, 0.15) is 11.8 Å². The summed E-state index contributed by atoms with van der Waals surface area (Å²) in [5.74, 6) is 1.86. The number of pyridine rings is 1. The molecule has 5 rings (SSSR count). The Morgan fingerprint density at radius 3 is 2.90 bits per heavy atom. The third kappa shape index (κ3) is 3.33. The Labute approximate surface area is 178 Å². The van der Waals surface area contributed by atoms with Crippen LogP contribution in [0.25, 0.3) is 0 Å². The van der Waals surface area contributed by atoms with E-state index in [4.69, 9.17) is 20.8 Å². The van der Waals surface area contributed by atoms with Crippen molar-refractivity contribution in [3.63, 3.8) is 0 Å². The number of hydrogen-bond donors (Lipinski definition) is 0. The number of ether oxygens (including phenoxy) is 1. The van der Waals surface area contributed by atoms with Gasteiger partial charge < -0.3 is 18.6 Å². The first kappa shape index (κ1) is 18.8. The summed E-state index contributed by atoms with van der Waals surface area (Å²) >= 11 is 6.12. The molecule has 2 aliphatic rings. The van der Waals surface area contributed by atoms with E-state index in [2.05, 4.69) is 16.0 Å². The second kappa shape index (κ2) is 7.54. The minimum atomic E-state index is 0.0482. The minimum Gasteiger partial charge on any atom is -0.482 e. The van der Waals surface area contributed by atoms with Gasteiger partial charge in [0.25, 0.3) is 5.56 Å². The van der Waals surface area contributed by atoms with Crippen molar-refractivity contribution in [2.75, 3.05) is 18.0 Å². The summed E-state index contributed by atoms with van der Waals surface area (Å²) in [5, 5.41) is 10.1. The van der Waals surface area contributed by atoms with Crippen LogP contribution in [0.5, 0.6) is 5.75 Å². The van der Waals surface area contributed by atoms with Crippen molar-refractivity contribution >= 4 is 17.5 Å². The number of para-hydroxylation sites is 1. The summed E-state index contributed by atoms with van der Waals surface area (Å²) in [4.78, 5) is 18.6. The van der Waals surface area contributed by atoms with Crippen LogP contribution in [0.4, 0.5) is 5.88 Å². The first-order valence-electron chi connectivity index (χ1n) is 9.84. The molecule has 1 fully saturated rings. The van der Waals surface area contributed by atoms with Crippen LogP contribution < -0.4 is 15.2 Å². The van der Waals surface area contributed by atoms with Crippen LogP contribution in [0.15, 0.2) is 51.7 Å². The fourth-order valence-corrected chi connectivity index (χ4v) is 4.66. The lowest BCUT2D eigenvalue weighted by Crippen LogP contribution is -2.47. The van der Waals surface area contributed by atoms with Crippen LogP contribution in [-0.2, 0) is 13.2 Å². The molecule has 2 bridgehead atoms. The van der Waals surface area contributed by atoms with Crippen molar-refractivity contribution in [1.29, 1.82) is 5.26 Å². The number of oxazole rings is 1. The topological polar surface area (TPSA) is 84.3 Å². The third-order valence-corrected chi connectivity index (χ3v) is 6.03. The molecule has 2 aliphatic heterocycles. The van der Waals surface area contributed by atoms with E-state index < -0.39 is 0 Å². The second-order valence-corrected chi connectivity index (χ2v) is 8.10. The van der Waals surface area contributed by atoms with E-state index in [-0.39, 0.29) is 23.8 Å². The Kier molecular flexibility index (Phi) is 4.72. The van der Waals surface area contributed by atoms with Gasteiger partial charge in [-0.05, 0) is 30.5 Å². The Balaban J connectivity index is 1.38. The van der Waals surface area contributed by atoms with Crippen molar-refractivity contribution in [3.05, 3.63) is 75.1 Å². The van der Waals surface area contributed by atoms with Gasteiger partial charge in [0, 0.05) is 37.3 Å². The zero-order valence-corrected chi connectivity index (χ0v) is 16.9. The molecule has 0 spiro atoms. The van der Waals surface area contributed by atoms with Crippen molar-refractivity contribution in [1.82, 2.24) is 9.55 Å². The predicted molar refractivity (Wildman–Crippen MR) is 111 cm³/mol. The Morgan fingerprint density at radius 2 is 2.07 bits per heavy atom. The van der Waals surface area contributed by atoms with Crippen molar-refractivity contribution < 1.29 is 9.15 Å². The highest BCUT2D eigenvalue weighted by Gasteiger charge is 2.36. The van der Waals surface area contributed by atoms with E-state index >= 15 is 0 Å². The van der Waals surface area contributed by atoms with Gasteiger partial charge in [-0.25, -0.2) is 0 Å². The number of nitrogens with zero attached hydrogens (tertiary/aromatic N) is 4. The molecular weight excluding hydrogens is 404 g/mol. The molecule has 1 aromatic carbocycles. The summed E-state index contributed by atoms with van der Waals surface area (Å²) < 4.78 is 13.5. The van der Waals surface area contributed by atoms with E-state index in [1.807, 2.05) is 28.8 Å². The maximum atomic E-state index is 12.2. The molecule has 0 unspecified atom stereocenters. The maximum absolute atomic E-state index is 12.2. The van der Waals surface area contributed by atoms with Gasteiger partial charge in [0.2, 0.25) is 17.5 Å². The van der Waals surface area contributed by atoms with Gasteiger partial charge in [-0.1, -0.05) is 29.8 Å². The molecular formula is C22H19ClN4O3. The first-order valence-corrected chi connectivity index (χ1v) is 10.2. The summed E-state index contributed by atoms with van der Waals surface area (Å²) in [6, 6.07) is 14.7. The van der Waals surface area contributed by atoms with Gasteiger partial charge in [-0.15, -0.1) is 0 Å². The number of rotatable bonds is 4. The van der Waals surface area contributed by atoms with Crippen LogP contribution in [0.2, 0.25) is 5.02 Å². The fourth-order valence-electron chi connectivity index (χ4n) is 4.47. The Morgan fingerprint density at radius 1 is 1.20 bits per heavy atom. The number of hydrogen-bond acceptors (Lipinski definition) is 6. The average molecular weight is 423 g/mol. The lowest BCUT2D eigenvalue weighted by atomic mass is 9.83. The fraction of sp³-hybridized carbons (Fsp3) is 0.318. The number of piperidine rings is 1. The highest BCUT2D eigenvalue weighted by atomic mass is 35.5. The largest absolute Gasteiger partial charge is 0.482 e. The lowest BCUT2D eigenvalue weighted by Gasteiger charge is -2.42. The SMILES string of the molecule is N#Cc1nc(COc2ccccc2Cl)oc1N1C[C@@H]2C[C@@H](C1)c1cccc(=O)n1C2. The van der Waals surface area contributed by atoms with Crippen LogP contribution in [0.3, 0.4) is 0 Å². The molecule has 7 nitrogen and oxygen atoms in total. The second-order valence-electron chi connectivity index (χ2n) is 7.70. The highest BCUT2D eigenvalue weighted by Crippen LogP contribution is 2.38. The molecule has 8 heteroatoms. The van der Waals surface area contributed by atoms with Crippen LogP contribution in [0, 0.1) is 17.2 Å². The van der Waals surface area contributed by atoms with Gasteiger partial charge in [0.05, 0.1) is 5.02 Å². The summed E-state index contributed by atoms with van der Waals surface area (Å²) in [6.07, 6.45) is 1.03. The molecule has 152 valence electrons. The van der Waals surface area contributed by atoms with Crippen LogP contribution >= 0.6 is 11.6 Å². The number of anilines is 1. The van der Waals surface area contributed by atoms with E-state index in [9.17, 15) is 10.1 Å². The molecule has 2 atom stereocenters. The molecule has 0 saturated carbocycles. The third-order valence-electron chi connectivity index (χ3n) is 5.71. The average Bonchev–Trinajstić information content (AvgIpc) is 3.17. The molecule has 0 aliphatic carbocycles. The van der Waals surface area contributed by atoms with E-state index in [1.54, 1.807) is 18.2 Å². The molecule has 0 amide bonds. The number of fused-ring (bicyclic) bond motifs is 4. The Bertz CT molecular complexity index is 1200. The lowest BCUT2D eigenvalue weighted by molar-refractivity contribution is 0.254. The van der Waals surface area contributed by atoms with E-state index in [1.165, 1.54) is 0 Å². The first-order chi connectivity index (χ1) is 14.6. The van der Waals surface area contributed by atoms with Gasteiger partial charge in [-0.3, -0.25) is 4.79 Å². The normalized spacial score (nSPS) is 19.8. The monoisotopic (exact) mass is 422 g/mol. The molecule has 0 N–H and O–H groups in total. The number of aromatic nitrogens is 2. The van der Waals surface area contributed by atoms with Gasteiger partial charge >= 0.3 is 0 Å². The molecule has 4 heterocycles. The quantitative estimate of drug-likeness (QED) is 0.639. The van der Waals surface area contributed by atoms with E-state index in [0.29, 0.717) is 48.1 Å². The molecule has 3 aromatic rings. The highest BCUT2D eigenvalue weighted by molar-refractivity contribution is 6.32. The smallest absolute Gasteiger partial charge is 0.250 e. The zero-order chi connectivity index (χ0) is 20.7. The van der Waals surface area contributed by atoms with Gasteiger partial charge in [0.15, 0.2) is 6.61 Å². The van der Waals surface area contributed by atoms with Crippen LogP contribution in [0.1, 0.15) is 29.6 Å². The summed E-state index contributed by atoms with van der Waals surface area (Å²) in [6.45, 7) is 2.15. The van der Waals surface area contributed by atoms with Crippen molar-refractivity contribution in [2.24, 2.45) is 5.92 Å². The molecule has 30 heavy (non-hydrogen) atoms. The molecule has 2 aromatic heterocycles. The van der Waals surface area contributed by atoms with Crippen molar-refractivity contribution in [2.45, 2.75) is 25.5 Å². The molecule has 1 saturated heterocycles. The van der Waals surface area contributed by atoms with Crippen LogP contribution in [-0.4, -0.2) is 22.6 Å².